The van der Waals surface area contributed by atoms with Gasteiger partial charge in [-0.15, -0.1) is 0 Å². The third kappa shape index (κ3) is 3.38. The number of halogens is 2. The molecular formula is C16H17F2N. The Hall–Kier alpha value is -1.74. The van der Waals surface area contributed by atoms with E-state index in [1.54, 1.807) is 30.3 Å². The van der Waals surface area contributed by atoms with Crippen LogP contribution < -0.4 is 5.32 Å². The fourth-order valence-electron chi connectivity index (χ4n) is 1.87. The minimum Gasteiger partial charge on any atom is -0.310 e. The summed E-state index contributed by atoms with van der Waals surface area (Å²) in [6.07, 6.45) is 0. The SMILES string of the molecule is CC(C)NCc1ccc(-c2ccccc2F)cc1F. The van der Waals surface area contributed by atoms with Crippen molar-refractivity contribution in [2.45, 2.75) is 26.4 Å². The van der Waals surface area contributed by atoms with Crippen LogP contribution in [-0.2, 0) is 6.54 Å². The van der Waals surface area contributed by atoms with Crippen LogP contribution in [0.1, 0.15) is 19.4 Å². The predicted octanol–water partition coefficient (Wildman–Crippen LogP) is 4.13. The van der Waals surface area contributed by atoms with Gasteiger partial charge in [0.1, 0.15) is 11.6 Å². The second kappa shape index (κ2) is 5.93. The lowest BCUT2D eigenvalue weighted by molar-refractivity contribution is 0.553. The maximum absolute atomic E-state index is 14.0. The van der Waals surface area contributed by atoms with Crippen molar-refractivity contribution in [2.24, 2.45) is 0 Å². The first-order valence-corrected chi connectivity index (χ1v) is 6.34. The van der Waals surface area contributed by atoms with Gasteiger partial charge in [-0.05, 0) is 17.7 Å². The van der Waals surface area contributed by atoms with Crippen molar-refractivity contribution in [3.8, 4) is 11.1 Å². The van der Waals surface area contributed by atoms with E-state index in [0.29, 0.717) is 29.3 Å². The van der Waals surface area contributed by atoms with Gasteiger partial charge >= 0.3 is 0 Å². The summed E-state index contributed by atoms with van der Waals surface area (Å²) < 4.78 is 27.6. The smallest absolute Gasteiger partial charge is 0.131 e. The van der Waals surface area contributed by atoms with E-state index in [0.717, 1.165) is 0 Å². The molecule has 0 aliphatic rings. The highest BCUT2D eigenvalue weighted by Gasteiger charge is 2.08. The number of hydrogen-bond donors (Lipinski definition) is 1. The van der Waals surface area contributed by atoms with Gasteiger partial charge < -0.3 is 5.32 Å². The molecule has 0 atom stereocenters. The molecule has 1 N–H and O–H groups in total. The molecule has 0 aliphatic heterocycles. The van der Waals surface area contributed by atoms with E-state index >= 15 is 0 Å². The highest BCUT2D eigenvalue weighted by Crippen LogP contribution is 2.24. The second-order valence-electron chi connectivity index (χ2n) is 4.82. The zero-order chi connectivity index (χ0) is 13.8. The molecule has 2 aromatic carbocycles. The zero-order valence-corrected chi connectivity index (χ0v) is 11.1. The summed E-state index contributed by atoms with van der Waals surface area (Å²) in [7, 11) is 0. The number of hydrogen-bond acceptors (Lipinski definition) is 1. The van der Waals surface area contributed by atoms with Gasteiger partial charge in [-0.3, -0.25) is 0 Å². The Morgan fingerprint density at radius 3 is 2.37 bits per heavy atom. The fraction of sp³-hybridized carbons (Fsp3) is 0.250. The van der Waals surface area contributed by atoms with E-state index in [1.807, 2.05) is 13.8 Å². The Labute approximate surface area is 112 Å². The van der Waals surface area contributed by atoms with Gasteiger partial charge in [-0.25, -0.2) is 8.78 Å². The van der Waals surface area contributed by atoms with Gasteiger partial charge in [0.15, 0.2) is 0 Å². The second-order valence-corrected chi connectivity index (χ2v) is 4.82. The molecule has 0 bridgehead atoms. The molecule has 0 spiro atoms. The summed E-state index contributed by atoms with van der Waals surface area (Å²) in [5.74, 6) is -0.649. The standard InChI is InChI=1S/C16H17F2N/c1-11(2)19-10-13-8-7-12(9-16(13)18)14-5-3-4-6-15(14)17/h3-9,11,19H,10H2,1-2H3. The van der Waals surface area contributed by atoms with E-state index in [-0.39, 0.29) is 11.6 Å². The van der Waals surface area contributed by atoms with Gasteiger partial charge in [-0.1, -0.05) is 44.2 Å². The Morgan fingerprint density at radius 1 is 1.00 bits per heavy atom. The third-order valence-corrected chi connectivity index (χ3v) is 2.94. The number of benzene rings is 2. The summed E-state index contributed by atoms with van der Waals surface area (Å²) in [6.45, 7) is 4.48. The van der Waals surface area contributed by atoms with Crippen molar-refractivity contribution in [3.05, 3.63) is 59.7 Å². The molecule has 0 aromatic heterocycles. The van der Waals surface area contributed by atoms with Crippen molar-refractivity contribution in [1.29, 1.82) is 0 Å². The van der Waals surface area contributed by atoms with E-state index in [9.17, 15) is 8.78 Å². The van der Waals surface area contributed by atoms with Gasteiger partial charge in [0.25, 0.3) is 0 Å². The number of nitrogens with one attached hydrogen (secondary N) is 1. The average Bonchev–Trinajstić information content (AvgIpc) is 2.37. The van der Waals surface area contributed by atoms with E-state index < -0.39 is 0 Å². The van der Waals surface area contributed by atoms with Gasteiger partial charge in [0, 0.05) is 23.7 Å². The fourth-order valence-corrected chi connectivity index (χ4v) is 1.87. The normalized spacial score (nSPS) is 11.0. The van der Waals surface area contributed by atoms with Crippen LogP contribution in [0.2, 0.25) is 0 Å². The van der Waals surface area contributed by atoms with Crippen LogP contribution in [0.4, 0.5) is 8.78 Å². The highest BCUT2D eigenvalue weighted by atomic mass is 19.1. The number of rotatable bonds is 4. The van der Waals surface area contributed by atoms with E-state index in [1.165, 1.54) is 12.1 Å². The lowest BCUT2D eigenvalue weighted by atomic mass is 10.0. The van der Waals surface area contributed by atoms with Crippen molar-refractivity contribution in [3.63, 3.8) is 0 Å². The summed E-state index contributed by atoms with van der Waals surface area (Å²) in [6, 6.07) is 11.5. The molecule has 19 heavy (non-hydrogen) atoms. The largest absolute Gasteiger partial charge is 0.310 e. The predicted molar refractivity (Wildman–Crippen MR) is 73.8 cm³/mol. The Morgan fingerprint density at radius 2 is 1.74 bits per heavy atom. The van der Waals surface area contributed by atoms with Crippen LogP contribution in [0.15, 0.2) is 42.5 Å². The summed E-state index contributed by atoms with van der Waals surface area (Å²) >= 11 is 0. The van der Waals surface area contributed by atoms with Crippen molar-refractivity contribution < 1.29 is 8.78 Å². The van der Waals surface area contributed by atoms with Crippen LogP contribution in [0.25, 0.3) is 11.1 Å². The third-order valence-electron chi connectivity index (χ3n) is 2.94. The Kier molecular flexibility index (Phi) is 4.27. The maximum Gasteiger partial charge on any atom is 0.131 e. The van der Waals surface area contributed by atoms with Crippen molar-refractivity contribution in [2.75, 3.05) is 0 Å². The zero-order valence-electron chi connectivity index (χ0n) is 11.1. The lowest BCUT2D eigenvalue weighted by Crippen LogP contribution is -2.22. The van der Waals surface area contributed by atoms with Crippen molar-refractivity contribution in [1.82, 2.24) is 5.32 Å². The van der Waals surface area contributed by atoms with Crippen LogP contribution in [0, 0.1) is 11.6 Å². The lowest BCUT2D eigenvalue weighted by Gasteiger charge is -2.10. The molecule has 0 fully saturated rings. The van der Waals surface area contributed by atoms with Crippen LogP contribution in [0.5, 0.6) is 0 Å². The van der Waals surface area contributed by atoms with E-state index in [4.69, 9.17) is 0 Å². The minimum absolute atomic E-state index is 0.297. The molecule has 100 valence electrons. The Balaban J connectivity index is 2.26. The molecular weight excluding hydrogens is 244 g/mol. The molecule has 0 amide bonds. The minimum atomic E-state index is -0.338. The molecule has 0 heterocycles. The summed E-state index contributed by atoms with van der Waals surface area (Å²) in [4.78, 5) is 0. The van der Waals surface area contributed by atoms with Crippen LogP contribution in [-0.4, -0.2) is 6.04 Å². The van der Waals surface area contributed by atoms with Crippen LogP contribution in [0.3, 0.4) is 0 Å². The van der Waals surface area contributed by atoms with Gasteiger partial charge in [0.05, 0.1) is 0 Å². The monoisotopic (exact) mass is 261 g/mol. The van der Waals surface area contributed by atoms with Gasteiger partial charge in [-0.2, -0.15) is 0 Å². The summed E-state index contributed by atoms with van der Waals surface area (Å²) in [5, 5.41) is 3.16. The van der Waals surface area contributed by atoms with E-state index in [2.05, 4.69) is 5.32 Å². The quantitative estimate of drug-likeness (QED) is 0.872. The first-order valence-electron chi connectivity index (χ1n) is 6.34. The molecule has 0 radical (unpaired) electrons. The summed E-state index contributed by atoms with van der Waals surface area (Å²) in [5.41, 5.74) is 1.57. The molecule has 2 aromatic rings. The first-order chi connectivity index (χ1) is 9.08. The first kappa shape index (κ1) is 13.7. The van der Waals surface area contributed by atoms with Gasteiger partial charge in [0.2, 0.25) is 0 Å². The molecule has 0 aliphatic carbocycles. The maximum atomic E-state index is 14.0. The molecule has 3 heteroatoms. The topological polar surface area (TPSA) is 12.0 Å². The molecule has 0 unspecified atom stereocenters. The highest BCUT2D eigenvalue weighted by molar-refractivity contribution is 5.64. The molecule has 1 nitrogen and oxygen atoms in total. The molecule has 0 saturated carbocycles. The molecule has 2 rings (SSSR count). The Bertz CT molecular complexity index is 564. The average molecular weight is 261 g/mol. The molecule has 0 saturated heterocycles. The van der Waals surface area contributed by atoms with Crippen LogP contribution >= 0.6 is 0 Å². The van der Waals surface area contributed by atoms with Crippen molar-refractivity contribution >= 4 is 0 Å².